The van der Waals surface area contributed by atoms with E-state index in [4.69, 9.17) is 23.7 Å². The van der Waals surface area contributed by atoms with Crippen LogP contribution < -0.4 is 19.5 Å². The first-order chi connectivity index (χ1) is 18.6. The molecule has 1 N–H and O–H groups in total. The van der Waals surface area contributed by atoms with Gasteiger partial charge >= 0.3 is 0 Å². The van der Waals surface area contributed by atoms with Gasteiger partial charge in [0.1, 0.15) is 23.3 Å². The lowest BCUT2D eigenvalue weighted by atomic mass is 9.85. The number of carbonyl (C=O) groups excluding carboxylic acids is 2. The number of hydrogen-bond acceptors (Lipinski definition) is 7. The minimum absolute atomic E-state index is 0.205. The van der Waals surface area contributed by atoms with Gasteiger partial charge < -0.3 is 33.9 Å². The van der Waals surface area contributed by atoms with Crippen LogP contribution in [0.25, 0.3) is 0 Å². The summed E-state index contributed by atoms with van der Waals surface area (Å²) in [5, 5.41) is 2.88. The third-order valence-electron chi connectivity index (χ3n) is 6.66. The number of ether oxygens (including phenoxy) is 5. The predicted octanol–water partition coefficient (Wildman–Crippen LogP) is 3.40. The summed E-state index contributed by atoms with van der Waals surface area (Å²) in [6.07, 6.45) is -0.531. The normalized spacial score (nSPS) is 19.1. The van der Waals surface area contributed by atoms with Crippen LogP contribution in [0.4, 0.5) is 0 Å². The van der Waals surface area contributed by atoms with Gasteiger partial charge in [0.05, 0.1) is 40.0 Å². The van der Waals surface area contributed by atoms with Crippen LogP contribution >= 0.6 is 0 Å². The molecule has 5 rings (SSSR count). The zero-order chi connectivity index (χ0) is 26.5. The Bertz CT molecular complexity index is 1280. The first kappa shape index (κ1) is 25.6. The number of hydrogen-bond donors (Lipinski definition) is 1. The molecule has 3 aromatic rings. The number of β-lactam (4-membered cyclic amide) rings is 1. The zero-order valence-corrected chi connectivity index (χ0v) is 21.3. The van der Waals surface area contributed by atoms with Crippen molar-refractivity contribution < 1.29 is 33.3 Å². The van der Waals surface area contributed by atoms with E-state index >= 15 is 0 Å². The van der Waals surface area contributed by atoms with Crippen LogP contribution in [0.1, 0.15) is 29.0 Å². The number of benzene rings is 3. The third-order valence-corrected chi connectivity index (χ3v) is 6.66. The molecule has 0 bridgehead atoms. The van der Waals surface area contributed by atoms with E-state index in [0.29, 0.717) is 30.5 Å². The second-order valence-electron chi connectivity index (χ2n) is 8.94. The molecule has 9 heteroatoms. The molecule has 2 heterocycles. The Balaban J connectivity index is 1.40. The fraction of sp³-hybridized carbons (Fsp3) is 0.310. The molecule has 2 fully saturated rings. The van der Waals surface area contributed by atoms with Crippen molar-refractivity contribution in [3.05, 3.63) is 89.5 Å². The number of para-hydroxylation sites is 1. The molecule has 0 radical (unpaired) electrons. The van der Waals surface area contributed by atoms with E-state index in [1.807, 2.05) is 54.6 Å². The number of rotatable bonds is 10. The SMILES string of the molecule is COc1ccc(CN2C(=O)C(NC(=O)COc3ccccc3)C2c2ccccc2C2OCCO2)c(OC)c1. The number of carbonyl (C=O) groups is 2. The number of methoxy groups -OCH3 is 2. The Morgan fingerprint density at radius 1 is 0.921 bits per heavy atom. The van der Waals surface area contributed by atoms with Crippen LogP contribution in [0, 0.1) is 0 Å². The van der Waals surface area contributed by atoms with Gasteiger partial charge in [0, 0.05) is 17.2 Å². The lowest BCUT2D eigenvalue weighted by molar-refractivity contribution is -0.155. The first-order valence-corrected chi connectivity index (χ1v) is 12.4. The highest BCUT2D eigenvalue weighted by Crippen LogP contribution is 2.42. The van der Waals surface area contributed by atoms with Crippen molar-refractivity contribution >= 4 is 11.8 Å². The minimum atomic E-state index is -0.770. The highest BCUT2D eigenvalue weighted by atomic mass is 16.7. The van der Waals surface area contributed by atoms with Gasteiger partial charge in [-0.15, -0.1) is 0 Å². The monoisotopic (exact) mass is 518 g/mol. The number of nitrogens with one attached hydrogen (secondary N) is 1. The van der Waals surface area contributed by atoms with Crippen molar-refractivity contribution in [3.63, 3.8) is 0 Å². The van der Waals surface area contributed by atoms with Gasteiger partial charge in [0.15, 0.2) is 12.9 Å². The number of amides is 2. The van der Waals surface area contributed by atoms with Gasteiger partial charge in [-0.1, -0.05) is 42.5 Å². The number of likely N-dealkylation sites (tertiary alicyclic amines) is 1. The topological polar surface area (TPSA) is 95.6 Å². The smallest absolute Gasteiger partial charge is 0.258 e. The van der Waals surface area contributed by atoms with E-state index in [-0.39, 0.29) is 25.0 Å². The van der Waals surface area contributed by atoms with Gasteiger partial charge in [-0.25, -0.2) is 0 Å². The van der Waals surface area contributed by atoms with Crippen LogP contribution in [-0.2, 0) is 25.6 Å². The van der Waals surface area contributed by atoms with Crippen molar-refractivity contribution in [1.82, 2.24) is 10.2 Å². The van der Waals surface area contributed by atoms with Gasteiger partial charge in [-0.05, 0) is 29.8 Å². The van der Waals surface area contributed by atoms with Gasteiger partial charge in [0.2, 0.25) is 5.91 Å². The summed E-state index contributed by atoms with van der Waals surface area (Å²) < 4.78 is 28.0. The van der Waals surface area contributed by atoms with Crippen molar-refractivity contribution in [2.24, 2.45) is 0 Å². The van der Waals surface area contributed by atoms with E-state index in [1.54, 1.807) is 37.3 Å². The van der Waals surface area contributed by atoms with E-state index in [1.165, 1.54) is 0 Å². The largest absolute Gasteiger partial charge is 0.497 e. The van der Waals surface area contributed by atoms with E-state index in [9.17, 15) is 9.59 Å². The van der Waals surface area contributed by atoms with E-state index in [0.717, 1.165) is 16.7 Å². The van der Waals surface area contributed by atoms with Crippen molar-refractivity contribution in [1.29, 1.82) is 0 Å². The minimum Gasteiger partial charge on any atom is -0.497 e. The summed E-state index contributed by atoms with van der Waals surface area (Å²) in [5.74, 6) is 1.25. The highest BCUT2D eigenvalue weighted by Gasteiger charge is 2.50. The Morgan fingerprint density at radius 2 is 1.63 bits per heavy atom. The third kappa shape index (κ3) is 5.29. The van der Waals surface area contributed by atoms with Crippen molar-refractivity contribution in [3.8, 4) is 17.2 Å². The highest BCUT2D eigenvalue weighted by molar-refractivity contribution is 5.94. The molecule has 2 saturated heterocycles. The maximum atomic E-state index is 13.5. The molecule has 198 valence electrons. The van der Waals surface area contributed by atoms with Gasteiger partial charge in [-0.3, -0.25) is 9.59 Å². The molecule has 2 aliphatic heterocycles. The number of nitrogens with zero attached hydrogens (tertiary/aromatic N) is 1. The molecule has 2 atom stereocenters. The fourth-order valence-corrected chi connectivity index (χ4v) is 4.79. The molecule has 0 saturated carbocycles. The van der Waals surface area contributed by atoms with Crippen LogP contribution in [0.15, 0.2) is 72.8 Å². The maximum absolute atomic E-state index is 13.5. The molecule has 9 nitrogen and oxygen atoms in total. The maximum Gasteiger partial charge on any atom is 0.258 e. The molecule has 2 amide bonds. The zero-order valence-electron chi connectivity index (χ0n) is 21.3. The van der Waals surface area contributed by atoms with E-state index < -0.39 is 18.4 Å². The molecular weight excluding hydrogens is 488 g/mol. The Morgan fingerprint density at radius 3 is 2.34 bits per heavy atom. The first-order valence-electron chi connectivity index (χ1n) is 12.4. The molecule has 3 aromatic carbocycles. The Kier molecular flexibility index (Phi) is 7.76. The summed E-state index contributed by atoms with van der Waals surface area (Å²) in [6, 6.07) is 21.0. The van der Waals surface area contributed by atoms with E-state index in [2.05, 4.69) is 5.32 Å². The summed E-state index contributed by atoms with van der Waals surface area (Å²) in [5.41, 5.74) is 2.49. The van der Waals surface area contributed by atoms with Crippen LogP contribution in [0.2, 0.25) is 0 Å². The summed E-state index contributed by atoms with van der Waals surface area (Å²) in [6.45, 7) is 1.06. The Labute approximate surface area is 221 Å². The lowest BCUT2D eigenvalue weighted by Gasteiger charge is -2.48. The molecule has 38 heavy (non-hydrogen) atoms. The van der Waals surface area contributed by atoms with Gasteiger partial charge in [0.25, 0.3) is 5.91 Å². The summed E-state index contributed by atoms with van der Waals surface area (Å²) in [4.78, 5) is 28.0. The molecule has 2 unspecified atom stereocenters. The summed E-state index contributed by atoms with van der Waals surface area (Å²) in [7, 11) is 3.16. The van der Waals surface area contributed by atoms with Crippen molar-refractivity contribution in [2.45, 2.75) is 24.9 Å². The molecule has 0 spiro atoms. The average Bonchev–Trinajstić information content (AvgIpc) is 3.51. The molecule has 2 aliphatic rings. The quantitative estimate of drug-likeness (QED) is 0.411. The molecule has 0 aromatic heterocycles. The molecular formula is C29H30N2O7. The second kappa shape index (κ2) is 11.5. The van der Waals surface area contributed by atoms with Crippen LogP contribution in [0.5, 0.6) is 17.2 Å². The van der Waals surface area contributed by atoms with Crippen LogP contribution in [-0.4, -0.2) is 56.8 Å². The van der Waals surface area contributed by atoms with Crippen LogP contribution in [0.3, 0.4) is 0 Å². The second-order valence-corrected chi connectivity index (χ2v) is 8.94. The predicted molar refractivity (Wildman–Crippen MR) is 138 cm³/mol. The standard InChI is InChI=1S/C29H30N2O7/c1-34-21-13-12-19(24(16-21)35-2)17-31-27(22-10-6-7-11-23(22)29-36-14-15-37-29)26(28(31)33)30-25(32)18-38-20-8-4-3-5-9-20/h3-13,16,26-27,29H,14-15,17-18H2,1-2H3,(H,30,32). The summed E-state index contributed by atoms with van der Waals surface area (Å²) >= 11 is 0. The fourth-order valence-electron chi connectivity index (χ4n) is 4.79. The van der Waals surface area contributed by atoms with Gasteiger partial charge in [-0.2, -0.15) is 0 Å². The average molecular weight is 519 g/mol. The Hall–Kier alpha value is -4.08. The lowest BCUT2D eigenvalue weighted by Crippen LogP contribution is -2.65. The molecule has 0 aliphatic carbocycles. The van der Waals surface area contributed by atoms with Crippen molar-refractivity contribution in [2.75, 3.05) is 34.0 Å².